The quantitative estimate of drug-likeness (QED) is 0.757. The second-order valence-corrected chi connectivity index (χ2v) is 4.26. The molecule has 0 atom stereocenters. The van der Waals surface area contributed by atoms with Crippen molar-refractivity contribution in [2.24, 2.45) is 0 Å². The molecule has 0 saturated carbocycles. The molecule has 106 valence electrons. The van der Waals surface area contributed by atoms with Crippen molar-refractivity contribution in [1.82, 2.24) is 14.5 Å². The van der Waals surface area contributed by atoms with Gasteiger partial charge in [0.1, 0.15) is 5.56 Å². The monoisotopic (exact) mass is 278 g/mol. The Morgan fingerprint density at radius 3 is 2.95 bits per heavy atom. The summed E-state index contributed by atoms with van der Waals surface area (Å²) in [6.45, 7) is 1.37. The van der Waals surface area contributed by atoms with Gasteiger partial charge in [0.15, 0.2) is 11.6 Å². The predicted octanol–water partition coefficient (Wildman–Crippen LogP) is 2.01. The van der Waals surface area contributed by atoms with Gasteiger partial charge in [-0.05, 0) is 18.9 Å². The number of anilines is 1. The highest BCUT2D eigenvalue weighted by molar-refractivity contribution is 5.88. The van der Waals surface area contributed by atoms with Crippen LogP contribution in [0, 0.1) is 5.82 Å². The molecule has 2 rings (SSSR count). The summed E-state index contributed by atoms with van der Waals surface area (Å²) >= 11 is 0. The van der Waals surface area contributed by atoms with E-state index < -0.39 is 11.8 Å². The number of carbonyl (C=O) groups is 1. The lowest BCUT2D eigenvalue weighted by molar-refractivity contribution is 0.0692. The van der Waals surface area contributed by atoms with Crippen molar-refractivity contribution >= 4 is 11.8 Å². The number of imidazole rings is 1. The van der Waals surface area contributed by atoms with Crippen LogP contribution in [0.5, 0.6) is 0 Å². The number of unbranched alkanes of at least 4 members (excludes halogenated alkanes) is 1. The SMILES string of the molecule is O=C(O)c1ccnc(NCCCCn2ccnc2)c1F. The molecule has 0 bridgehead atoms. The van der Waals surface area contributed by atoms with Gasteiger partial charge in [-0.25, -0.2) is 19.2 Å². The largest absolute Gasteiger partial charge is 0.478 e. The van der Waals surface area contributed by atoms with E-state index in [2.05, 4.69) is 15.3 Å². The molecule has 2 aromatic heterocycles. The van der Waals surface area contributed by atoms with E-state index in [4.69, 9.17) is 5.11 Å². The van der Waals surface area contributed by atoms with Crippen LogP contribution in [0.1, 0.15) is 23.2 Å². The molecule has 0 aliphatic heterocycles. The summed E-state index contributed by atoms with van der Waals surface area (Å²) in [5.74, 6) is -2.14. The number of rotatable bonds is 7. The summed E-state index contributed by atoms with van der Waals surface area (Å²) in [7, 11) is 0. The molecule has 0 unspecified atom stereocenters. The first-order chi connectivity index (χ1) is 9.68. The molecule has 0 aromatic carbocycles. The number of nitrogens with zero attached hydrogens (tertiary/aromatic N) is 3. The Bertz CT molecular complexity index is 572. The minimum atomic E-state index is -1.30. The van der Waals surface area contributed by atoms with Gasteiger partial charge < -0.3 is 15.0 Å². The third-order valence-electron chi connectivity index (χ3n) is 2.81. The van der Waals surface area contributed by atoms with Crippen molar-refractivity contribution in [3.8, 4) is 0 Å². The lowest BCUT2D eigenvalue weighted by Crippen LogP contribution is -2.10. The van der Waals surface area contributed by atoms with Gasteiger partial charge in [-0.2, -0.15) is 0 Å². The number of aromatic carboxylic acids is 1. The summed E-state index contributed by atoms with van der Waals surface area (Å²) in [5.41, 5.74) is -0.374. The van der Waals surface area contributed by atoms with Gasteiger partial charge in [0, 0.05) is 31.7 Å². The number of pyridine rings is 1. The standard InChI is InChI=1S/C13H15FN4O2/c14-11-10(13(19)20)3-5-17-12(11)16-4-1-2-7-18-8-6-15-9-18/h3,5-6,8-9H,1-2,4,7H2,(H,16,17)(H,19,20). The van der Waals surface area contributed by atoms with Gasteiger partial charge in [0.25, 0.3) is 0 Å². The topological polar surface area (TPSA) is 80.0 Å². The number of nitrogens with one attached hydrogen (secondary N) is 1. The molecule has 20 heavy (non-hydrogen) atoms. The molecule has 0 amide bonds. The first kappa shape index (κ1) is 14.0. The number of aryl methyl sites for hydroxylation is 1. The fraction of sp³-hybridized carbons (Fsp3) is 0.308. The predicted molar refractivity (Wildman–Crippen MR) is 71.1 cm³/mol. The van der Waals surface area contributed by atoms with Crippen LogP contribution in [0.25, 0.3) is 0 Å². The van der Waals surface area contributed by atoms with Gasteiger partial charge in [-0.3, -0.25) is 0 Å². The molecule has 0 radical (unpaired) electrons. The Hall–Kier alpha value is -2.44. The van der Waals surface area contributed by atoms with Crippen LogP contribution in [-0.2, 0) is 6.54 Å². The third-order valence-corrected chi connectivity index (χ3v) is 2.81. The Morgan fingerprint density at radius 1 is 1.40 bits per heavy atom. The summed E-state index contributed by atoms with van der Waals surface area (Å²) in [6, 6.07) is 1.14. The molecule has 0 aliphatic carbocycles. The van der Waals surface area contributed by atoms with E-state index in [-0.39, 0.29) is 11.4 Å². The van der Waals surface area contributed by atoms with Crippen LogP contribution in [0.4, 0.5) is 10.2 Å². The van der Waals surface area contributed by atoms with E-state index in [9.17, 15) is 9.18 Å². The van der Waals surface area contributed by atoms with Gasteiger partial charge in [-0.1, -0.05) is 0 Å². The average Bonchev–Trinajstić information content (AvgIpc) is 2.93. The molecule has 0 saturated heterocycles. The zero-order chi connectivity index (χ0) is 14.4. The van der Waals surface area contributed by atoms with E-state index in [1.165, 1.54) is 6.20 Å². The summed E-state index contributed by atoms with van der Waals surface area (Å²) in [5, 5.41) is 11.6. The van der Waals surface area contributed by atoms with E-state index in [0.29, 0.717) is 6.54 Å². The molecule has 6 nitrogen and oxygen atoms in total. The first-order valence-electron chi connectivity index (χ1n) is 6.26. The Kier molecular flexibility index (Phi) is 4.65. The maximum absolute atomic E-state index is 13.7. The fourth-order valence-corrected chi connectivity index (χ4v) is 1.78. The Morgan fingerprint density at radius 2 is 2.25 bits per heavy atom. The number of hydrogen-bond donors (Lipinski definition) is 2. The zero-order valence-corrected chi connectivity index (χ0v) is 10.8. The van der Waals surface area contributed by atoms with Gasteiger partial charge in [0.2, 0.25) is 0 Å². The summed E-state index contributed by atoms with van der Waals surface area (Å²) < 4.78 is 15.7. The minimum Gasteiger partial charge on any atom is -0.478 e. The van der Waals surface area contributed by atoms with Crippen molar-refractivity contribution in [3.05, 3.63) is 42.4 Å². The highest BCUT2D eigenvalue weighted by Crippen LogP contribution is 2.15. The maximum atomic E-state index is 13.7. The maximum Gasteiger partial charge on any atom is 0.338 e. The van der Waals surface area contributed by atoms with E-state index in [1.54, 1.807) is 12.5 Å². The number of carboxylic acids is 1. The van der Waals surface area contributed by atoms with Crippen LogP contribution in [0.3, 0.4) is 0 Å². The van der Waals surface area contributed by atoms with Crippen molar-refractivity contribution in [1.29, 1.82) is 0 Å². The molecule has 0 fully saturated rings. The number of aromatic nitrogens is 3. The first-order valence-corrected chi connectivity index (χ1v) is 6.26. The second-order valence-electron chi connectivity index (χ2n) is 4.26. The molecule has 7 heteroatoms. The van der Waals surface area contributed by atoms with Crippen molar-refractivity contribution in [3.63, 3.8) is 0 Å². The molecule has 0 aliphatic rings. The van der Waals surface area contributed by atoms with Crippen LogP contribution < -0.4 is 5.32 Å². The van der Waals surface area contributed by atoms with E-state index in [1.807, 2.05) is 10.8 Å². The smallest absolute Gasteiger partial charge is 0.338 e. The molecule has 2 N–H and O–H groups in total. The second kappa shape index (κ2) is 6.65. The van der Waals surface area contributed by atoms with Crippen molar-refractivity contribution in [2.45, 2.75) is 19.4 Å². The fourth-order valence-electron chi connectivity index (χ4n) is 1.78. The summed E-state index contributed by atoms with van der Waals surface area (Å²) in [6.07, 6.45) is 8.34. The van der Waals surface area contributed by atoms with Crippen LogP contribution in [0.2, 0.25) is 0 Å². The summed E-state index contributed by atoms with van der Waals surface area (Å²) in [4.78, 5) is 18.5. The highest BCUT2D eigenvalue weighted by atomic mass is 19.1. The van der Waals surface area contributed by atoms with E-state index >= 15 is 0 Å². The highest BCUT2D eigenvalue weighted by Gasteiger charge is 2.14. The van der Waals surface area contributed by atoms with Crippen LogP contribution in [0.15, 0.2) is 31.0 Å². The lowest BCUT2D eigenvalue weighted by Gasteiger charge is -2.08. The van der Waals surface area contributed by atoms with Crippen LogP contribution in [-0.4, -0.2) is 32.2 Å². The molecule has 2 heterocycles. The lowest BCUT2D eigenvalue weighted by atomic mass is 10.2. The van der Waals surface area contributed by atoms with Crippen molar-refractivity contribution in [2.75, 3.05) is 11.9 Å². The molecule has 2 aromatic rings. The van der Waals surface area contributed by atoms with E-state index in [0.717, 1.165) is 25.5 Å². The number of hydrogen-bond acceptors (Lipinski definition) is 4. The van der Waals surface area contributed by atoms with Gasteiger partial charge in [0.05, 0.1) is 6.33 Å². The third kappa shape index (κ3) is 3.53. The molecule has 0 spiro atoms. The number of carboxylic acid groups (broad SMARTS) is 1. The minimum absolute atomic E-state index is 0.0208. The van der Waals surface area contributed by atoms with Gasteiger partial charge in [-0.15, -0.1) is 0 Å². The Balaban J connectivity index is 1.79. The molecular weight excluding hydrogens is 263 g/mol. The van der Waals surface area contributed by atoms with Crippen molar-refractivity contribution < 1.29 is 14.3 Å². The van der Waals surface area contributed by atoms with Gasteiger partial charge >= 0.3 is 5.97 Å². The average molecular weight is 278 g/mol. The Labute approximate surface area is 115 Å². The molecular formula is C13H15FN4O2. The zero-order valence-electron chi connectivity index (χ0n) is 10.8. The van der Waals surface area contributed by atoms with Crippen LogP contribution >= 0.6 is 0 Å². The normalized spacial score (nSPS) is 10.4. The number of halogens is 1.